The molecule has 186 valence electrons. The van der Waals surface area contributed by atoms with E-state index < -0.39 is 29.7 Å². The first kappa shape index (κ1) is 28.4. The molecule has 0 fully saturated rings. The van der Waals surface area contributed by atoms with E-state index in [1.54, 1.807) is 6.92 Å². The number of nitrogens with one attached hydrogen (secondary N) is 2. The second kappa shape index (κ2) is 15.2. The van der Waals surface area contributed by atoms with Gasteiger partial charge in [-0.1, -0.05) is 30.3 Å². The summed E-state index contributed by atoms with van der Waals surface area (Å²) in [4.78, 5) is 37.0. The molecule has 0 spiro atoms. The maximum absolute atomic E-state index is 13.6. The van der Waals surface area contributed by atoms with E-state index in [4.69, 9.17) is 4.74 Å². The standard InChI is InChI=1S/C24H38FN3O5/c1-5-32-22(30)20(25)21(29)26-14-9-10-16-28(18-19-12-7-6-8-13-19)17-11-15-27-23(31)33-24(2,3)4/h6-8,12-13,20H,5,9-11,14-18H2,1-4H3,(H,26,29)(H,27,31). The molecule has 9 heteroatoms. The van der Waals surface area contributed by atoms with Gasteiger partial charge in [-0.25, -0.2) is 14.0 Å². The van der Waals surface area contributed by atoms with E-state index in [2.05, 4.69) is 32.4 Å². The van der Waals surface area contributed by atoms with Gasteiger partial charge >= 0.3 is 12.1 Å². The van der Waals surface area contributed by atoms with Crippen molar-refractivity contribution in [3.63, 3.8) is 0 Å². The van der Waals surface area contributed by atoms with Gasteiger partial charge < -0.3 is 20.1 Å². The number of alkyl halides is 1. The predicted octanol–water partition coefficient (Wildman–Crippen LogP) is 3.20. The van der Waals surface area contributed by atoms with E-state index in [-0.39, 0.29) is 13.2 Å². The van der Waals surface area contributed by atoms with Crippen LogP contribution in [0.15, 0.2) is 30.3 Å². The molecule has 0 saturated heterocycles. The molecule has 1 rings (SSSR count). The Kier molecular flexibility index (Phi) is 13.1. The lowest BCUT2D eigenvalue weighted by Crippen LogP contribution is -2.38. The average Bonchev–Trinajstić information content (AvgIpc) is 2.75. The van der Waals surface area contributed by atoms with Crippen molar-refractivity contribution in [2.75, 3.05) is 32.8 Å². The summed E-state index contributed by atoms with van der Waals surface area (Å²) in [6, 6.07) is 10.1. The van der Waals surface area contributed by atoms with Crippen LogP contribution >= 0.6 is 0 Å². The summed E-state index contributed by atoms with van der Waals surface area (Å²) in [7, 11) is 0. The van der Waals surface area contributed by atoms with Crippen LogP contribution in [-0.2, 0) is 25.6 Å². The SMILES string of the molecule is CCOC(=O)C(F)C(=O)NCCCCN(CCCNC(=O)OC(C)(C)C)Cc1ccccc1. The average molecular weight is 468 g/mol. The second-order valence-corrected chi connectivity index (χ2v) is 8.66. The highest BCUT2D eigenvalue weighted by atomic mass is 19.1. The highest BCUT2D eigenvalue weighted by Crippen LogP contribution is 2.08. The first-order valence-electron chi connectivity index (χ1n) is 11.4. The molecule has 2 amide bonds. The molecule has 1 unspecified atom stereocenters. The van der Waals surface area contributed by atoms with Crippen LogP contribution in [0.1, 0.15) is 52.5 Å². The van der Waals surface area contributed by atoms with Gasteiger partial charge in [0.2, 0.25) is 0 Å². The summed E-state index contributed by atoms with van der Waals surface area (Å²) >= 11 is 0. The van der Waals surface area contributed by atoms with Crippen molar-refractivity contribution in [1.82, 2.24) is 15.5 Å². The fraction of sp³-hybridized carbons (Fsp3) is 0.625. The van der Waals surface area contributed by atoms with Crippen LogP contribution in [0.3, 0.4) is 0 Å². The van der Waals surface area contributed by atoms with Crippen LogP contribution in [0.4, 0.5) is 9.18 Å². The maximum atomic E-state index is 13.6. The molecule has 0 aromatic heterocycles. The van der Waals surface area contributed by atoms with E-state index in [1.807, 2.05) is 39.0 Å². The van der Waals surface area contributed by atoms with Crippen LogP contribution < -0.4 is 10.6 Å². The maximum Gasteiger partial charge on any atom is 0.407 e. The minimum atomic E-state index is -2.29. The number of halogens is 1. The lowest BCUT2D eigenvalue weighted by molar-refractivity contribution is -0.153. The van der Waals surface area contributed by atoms with Gasteiger partial charge in [0.1, 0.15) is 5.60 Å². The molecule has 0 aliphatic carbocycles. The second-order valence-electron chi connectivity index (χ2n) is 8.66. The highest BCUT2D eigenvalue weighted by Gasteiger charge is 2.26. The number of esters is 1. The third-order valence-corrected chi connectivity index (χ3v) is 4.49. The van der Waals surface area contributed by atoms with Gasteiger partial charge in [0.15, 0.2) is 0 Å². The lowest BCUT2D eigenvalue weighted by atomic mass is 10.2. The van der Waals surface area contributed by atoms with Crippen molar-refractivity contribution < 1.29 is 28.2 Å². The molecule has 0 aliphatic heterocycles. The van der Waals surface area contributed by atoms with E-state index in [0.29, 0.717) is 13.0 Å². The summed E-state index contributed by atoms with van der Waals surface area (Å²) in [5.41, 5.74) is 0.651. The quantitative estimate of drug-likeness (QED) is 0.248. The molecular weight excluding hydrogens is 429 g/mol. The molecule has 1 aromatic rings. The Labute approximate surface area is 196 Å². The smallest absolute Gasteiger partial charge is 0.407 e. The summed E-state index contributed by atoms with van der Waals surface area (Å²) in [5.74, 6) is -2.13. The number of carbonyl (C=O) groups excluding carboxylic acids is 3. The van der Waals surface area contributed by atoms with Crippen LogP contribution in [0.5, 0.6) is 0 Å². The normalized spacial score (nSPS) is 12.2. The highest BCUT2D eigenvalue weighted by molar-refractivity contribution is 6.00. The summed E-state index contributed by atoms with van der Waals surface area (Å²) < 4.78 is 23.4. The molecule has 2 N–H and O–H groups in total. The number of benzene rings is 1. The molecule has 0 radical (unpaired) electrons. The summed E-state index contributed by atoms with van der Waals surface area (Å²) in [6.45, 7) is 10.1. The van der Waals surface area contributed by atoms with Crippen molar-refractivity contribution >= 4 is 18.0 Å². The van der Waals surface area contributed by atoms with Crippen molar-refractivity contribution in [1.29, 1.82) is 0 Å². The number of hydrogen-bond donors (Lipinski definition) is 2. The molecule has 1 aromatic carbocycles. The van der Waals surface area contributed by atoms with Gasteiger partial charge in [-0.3, -0.25) is 9.69 Å². The Bertz CT molecular complexity index is 725. The van der Waals surface area contributed by atoms with Crippen LogP contribution in [0, 0.1) is 0 Å². The van der Waals surface area contributed by atoms with E-state index in [1.165, 1.54) is 5.56 Å². The van der Waals surface area contributed by atoms with Gasteiger partial charge in [0.05, 0.1) is 6.61 Å². The zero-order valence-corrected chi connectivity index (χ0v) is 20.2. The Hall–Kier alpha value is -2.68. The van der Waals surface area contributed by atoms with Crippen LogP contribution in [0.25, 0.3) is 0 Å². The fourth-order valence-corrected chi connectivity index (χ4v) is 3.00. The minimum absolute atomic E-state index is 0.0249. The monoisotopic (exact) mass is 467 g/mol. The Morgan fingerprint density at radius 1 is 1.00 bits per heavy atom. The lowest BCUT2D eigenvalue weighted by Gasteiger charge is -2.23. The number of carbonyl (C=O) groups is 3. The van der Waals surface area contributed by atoms with Crippen molar-refractivity contribution in [2.24, 2.45) is 0 Å². The fourth-order valence-electron chi connectivity index (χ4n) is 3.00. The molecule has 0 aliphatic rings. The van der Waals surface area contributed by atoms with Crippen LogP contribution in [0.2, 0.25) is 0 Å². The number of amides is 2. The Morgan fingerprint density at radius 3 is 2.27 bits per heavy atom. The number of nitrogens with zero attached hydrogens (tertiary/aromatic N) is 1. The van der Waals surface area contributed by atoms with Crippen molar-refractivity contribution in [3.8, 4) is 0 Å². The minimum Gasteiger partial charge on any atom is -0.463 e. The zero-order valence-electron chi connectivity index (χ0n) is 20.2. The summed E-state index contributed by atoms with van der Waals surface area (Å²) in [6.07, 6.45) is -0.545. The van der Waals surface area contributed by atoms with E-state index in [9.17, 15) is 18.8 Å². The molecule has 0 bridgehead atoms. The van der Waals surface area contributed by atoms with Gasteiger partial charge in [0.25, 0.3) is 12.1 Å². The molecule has 0 heterocycles. The Balaban J connectivity index is 2.40. The molecule has 1 atom stereocenters. The number of alkyl carbamates (subject to hydrolysis) is 1. The first-order chi connectivity index (χ1) is 15.6. The van der Waals surface area contributed by atoms with E-state index in [0.717, 1.165) is 32.5 Å². The zero-order chi connectivity index (χ0) is 24.7. The third-order valence-electron chi connectivity index (χ3n) is 4.49. The number of rotatable bonds is 14. The van der Waals surface area contributed by atoms with E-state index >= 15 is 0 Å². The molecule has 0 saturated carbocycles. The Morgan fingerprint density at radius 2 is 1.64 bits per heavy atom. The molecule has 33 heavy (non-hydrogen) atoms. The van der Waals surface area contributed by atoms with Crippen LogP contribution in [-0.4, -0.2) is 67.4 Å². The number of unbranched alkanes of at least 4 members (excludes halogenated alkanes) is 1. The number of hydrogen-bond acceptors (Lipinski definition) is 6. The molecular formula is C24H38FN3O5. The first-order valence-corrected chi connectivity index (χ1v) is 11.4. The van der Waals surface area contributed by atoms with Crippen molar-refractivity contribution in [3.05, 3.63) is 35.9 Å². The van der Waals surface area contributed by atoms with Gasteiger partial charge in [-0.15, -0.1) is 0 Å². The topological polar surface area (TPSA) is 97.0 Å². The van der Waals surface area contributed by atoms with Crippen molar-refractivity contribution in [2.45, 2.75) is 65.3 Å². The largest absolute Gasteiger partial charge is 0.463 e. The summed E-state index contributed by atoms with van der Waals surface area (Å²) in [5, 5.41) is 5.20. The molecule has 8 nitrogen and oxygen atoms in total. The van der Waals surface area contributed by atoms with Gasteiger partial charge in [0, 0.05) is 26.2 Å². The number of ether oxygens (including phenoxy) is 2. The third kappa shape index (κ3) is 13.5. The van der Waals surface area contributed by atoms with Gasteiger partial charge in [-0.2, -0.15) is 0 Å². The van der Waals surface area contributed by atoms with Gasteiger partial charge in [-0.05, 0) is 59.1 Å². The predicted molar refractivity (Wildman–Crippen MR) is 124 cm³/mol.